The van der Waals surface area contributed by atoms with E-state index in [2.05, 4.69) is 15.5 Å². The number of amides is 1. The van der Waals surface area contributed by atoms with E-state index in [-0.39, 0.29) is 12.3 Å². The Balaban J connectivity index is 1.55. The lowest BCUT2D eigenvalue weighted by Crippen LogP contribution is -2.35. The molecule has 5 nitrogen and oxygen atoms in total. The molecule has 0 aliphatic heterocycles. The van der Waals surface area contributed by atoms with E-state index < -0.39 is 0 Å². The highest BCUT2D eigenvalue weighted by atomic mass is 32.1. The number of nitrogens with one attached hydrogen (secondary N) is 1. The molecular formula is C15H19N3O2S. The molecule has 2 aromatic heterocycles. The van der Waals surface area contributed by atoms with E-state index in [0.717, 1.165) is 18.4 Å². The average molecular weight is 305 g/mol. The number of rotatable bonds is 4. The van der Waals surface area contributed by atoms with Gasteiger partial charge >= 0.3 is 0 Å². The van der Waals surface area contributed by atoms with Crippen LogP contribution >= 0.6 is 11.3 Å². The van der Waals surface area contributed by atoms with Gasteiger partial charge in [-0.2, -0.15) is 11.3 Å². The topological polar surface area (TPSA) is 68.0 Å². The van der Waals surface area contributed by atoms with Gasteiger partial charge in [0.15, 0.2) is 0 Å². The number of thiophene rings is 1. The Morgan fingerprint density at radius 3 is 2.81 bits per heavy atom. The maximum absolute atomic E-state index is 12.1. The highest BCUT2D eigenvalue weighted by Gasteiger charge is 2.17. The Labute approximate surface area is 127 Å². The van der Waals surface area contributed by atoms with Gasteiger partial charge in [-0.1, -0.05) is 25.7 Å². The van der Waals surface area contributed by atoms with E-state index in [4.69, 9.17) is 4.42 Å². The Morgan fingerprint density at radius 1 is 1.29 bits per heavy atom. The van der Waals surface area contributed by atoms with Gasteiger partial charge in [-0.3, -0.25) is 4.79 Å². The summed E-state index contributed by atoms with van der Waals surface area (Å²) in [6.45, 7) is 0. The van der Waals surface area contributed by atoms with Crippen molar-refractivity contribution in [3.8, 4) is 11.5 Å². The zero-order valence-corrected chi connectivity index (χ0v) is 12.7. The number of aromatic nitrogens is 2. The van der Waals surface area contributed by atoms with E-state index >= 15 is 0 Å². The largest absolute Gasteiger partial charge is 0.420 e. The van der Waals surface area contributed by atoms with Crippen molar-refractivity contribution < 1.29 is 9.21 Å². The van der Waals surface area contributed by atoms with Gasteiger partial charge in [0.05, 0.1) is 0 Å². The molecule has 2 heterocycles. The van der Waals surface area contributed by atoms with Crippen molar-refractivity contribution in [3.05, 3.63) is 22.7 Å². The molecule has 0 unspecified atom stereocenters. The molecule has 2 aromatic rings. The highest BCUT2D eigenvalue weighted by molar-refractivity contribution is 7.08. The molecule has 1 saturated carbocycles. The van der Waals surface area contributed by atoms with Crippen molar-refractivity contribution >= 4 is 17.2 Å². The zero-order chi connectivity index (χ0) is 14.5. The van der Waals surface area contributed by atoms with Gasteiger partial charge in [-0.25, -0.2) is 0 Å². The Kier molecular flexibility index (Phi) is 4.65. The van der Waals surface area contributed by atoms with Crippen molar-refractivity contribution in [1.82, 2.24) is 15.5 Å². The molecule has 1 aliphatic carbocycles. The molecule has 1 aliphatic rings. The maximum Gasteiger partial charge on any atom is 0.248 e. The van der Waals surface area contributed by atoms with E-state index in [1.165, 1.54) is 25.7 Å². The summed E-state index contributed by atoms with van der Waals surface area (Å²) >= 11 is 1.58. The van der Waals surface area contributed by atoms with E-state index in [0.29, 0.717) is 17.8 Å². The van der Waals surface area contributed by atoms with E-state index in [1.807, 2.05) is 16.8 Å². The summed E-state index contributed by atoms with van der Waals surface area (Å²) in [7, 11) is 0. The van der Waals surface area contributed by atoms with Gasteiger partial charge in [0.25, 0.3) is 0 Å². The fourth-order valence-electron chi connectivity index (χ4n) is 2.67. The third-order valence-corrected chi connectivity index (χ3v) is 4.45. The van der Waals surface area contributed by atoms with Crippen molar-refractivity contribution in [2.24, 2.45) is 0 Å². The molecule has 0 atom stereocenters. The van der Waals surface area contributed by atoms with Crippen molar-refractivity contribution in [3.63, 3.8) is 0 Å². The standard InChI is InChI=1S/C15H19N3O2S/c19-13(16-12-5-3-1-2-4-6-12)9-14-17-18-15(20-14)11-7-8-21-10-11/h7-8,10,12H,1-6,9H2,(H,16,19). The van der Waals surface area contributed by atoms with Gasteiger partial charge in [0, 0.05) is 17.0 Å². The normalized spacial score (nSPS) is 16.6. The second-order valence-corrected chi connectivity index (χ2v) is 6.23. The summed E-state index contributed by atoms with van der Waals surface area (Å²) in [5.74, 6) is 0.832. The fourth-order valence-corrected chi connectivity index (χ4v) is 3.30. The monoisotopic (exact) mass is 305 g/mol. The van der Waals surface area contributed by atoms with Crippen LogP contribution in [-0.2, 0) is 11.2 Å². The Morgan fingerprint density at radius 2 is 2.10 bits per heavy atom. The molecule has 1 amide bonds. The molecule has 21 heavy (non-hydrogen) atoms. The molecule has 6 heteroatoms. The van der Waals surface area contributed by atoms with E-state index in [1.54, 1.807) is 11.3 Å². The van der Waals surface area contributed by atoms with Crippen LogP contribution in [0, 0.1) is 0 Å². The summed E-state index contributed by atoms with van der Waals surface area (Å²) in [6, 6.07) is 2.23. The van der Waals surface area contributed by atoms with Crippen LogP contribution in [-0.4, -0.2) is 22.1 Å². The first-order valence-corrected chi connectivity index (χ1v) is 8.40. The van der Waals surface area contributed by atoms with Crippen LogP contribution in [0.5, 0.6) is 0 Å². The molecule has 0 spiro atoms. The number of nitrogens with zero attached hydrogens (tertiary/aromatic N) is 2. The fraction of sp³-hybridized carbons (Fsp3) is 0.533. The van der Waals surface area contributed by atoms with E-state index in [9.17, 15) is 4.79 Å². The molecule has 1 N–H and O–H groups in total. The first kappa shape index (κ1) is 14.3. The summed E-state index contributed by atoms with van der Waals surface area (Å²) in [4.78, 5) is 12.1. The first-order chi connectivity index (χ1) is 10.3. The van der Waals surface area contributed by atoms with Crippen LogP contribution in [0.2, 0.25) is 0 Å². The minimum atomic E-state index is -0.0255. The Bertz CT molecular complexity index is 572. The highest BCUT2D eigenvalue weighted by Crippen LogP contribution is 2.21. The number of carbonyl (C=O) groups is 1. The minimum Gasteiger partial charge on any atom is -0.420 e. The van der Waals surface area contributed by atoms with Crippen molar-refractivity contribution in [1.29, 1.82) is 0 Å². The predicted molar refractivity (Wildman–Crippen MR) is 80.9 cm³/mol. The smallest absolute Gasteiger partial charge is 0.248 e. The molecule has 0 bridgehead atoms. The number of hydrogen-bond acceptors (Lipinski definition) is 5. The number of carbonyl (C=O) groups excluding carboxylic acids is 1. The second kappa shape index (κ2) is 6.85. The molecule has 3 rings (SSSR count). The quantitative estimate of drug-likeness (QED) is 0.881. The predicted octanol–water partition coefficient (Wildman–Crippen LogP) is 3.18. The lowest BCUT2D eigenvalue weighted by atomic mass is 10.1. The molecule has 0 radical (unpaired) electrons. The average Bonchev–Trinajstić information content (AvgIpc) is 3.07. The lowest BCUT2D eigenvalue weighted by molar-refractivity contribution is -0.121. The second-order valence-electron chi connectivity index (χ2n) is 5.45. The van der Waals surface area contributed by atoms with Gasteiger partial charge < -0.3 is 9.73 Å². The zero-order valence-electron chi connectivity index (χ0n) is 11.9. The van der Waals surface area contributed by atoms with Crippen molar-refractivity contribution in [2.45, 2.75) is 51.0 Å². The minimum absolute atomic E-state index is 0.0255. The molecule has 0 saturated heterocycles. The SMILES string of the molecule is O=C(Cc1nnc(-c2ccsc2)o1)NC1CCCCCC1. The van der Waals surface area contributed by atoms with Crippen LogP contribution in [0.15, 0.2) is 21.2 Å². The summed E-state index contributed by atoms with van der Waals surface area (Å²) in [5, 5.41) is 14.9. The van der Waals surface area contributed by atoms with Gasteiger partial charge in [-0.15, -0.1) is 10.2 Å². The molecule has 1 fully saturated rings. The summed E-state index contributed by atoms with van der Waals surface area (Å²) < 4.78 is 5.54. The molecule has 0 aromatic carbocycles. The van der Waals surface area contributed by atoms with Gasteiger partial charge in [0.1, 0.15) is 6.42 Å². The van der Waals surface area contributed by atoms with Crippen LogP contribution in [0.3, 0.4) is 0 Å². The third kappa shape index (κ3) is 3.91. The van der Waals surface area contributed by atoms with Crippen LogP contribution in [0.1, 0.15) is 44.4 Å². The van der Waals surface area contributed by atoms with Gasteiger partial charge in [0.2, 0.25) is 17.7 Å². The Hall–Kier alpha value is -1.69. The first-order valence-electron chi connectivity index (χ1n) is 7.45. The van der Waals surface area contributed by atoms with Crippen LogP contribution in [0.25, 0.3) is 11.5 Å². The molecule has 112 valence electrons. The summed E-state index contributed by atoms with van der Waals surface area (Å²) in [6.07, 6.45) is 7.28. The van der Waals surface area contributed by atoms with Gasteiger partial charge in [-0.05, 0) is 24.3 Å². The van der Waals surface area contributed by atoms with Crippen LogP contribution < -0.4 is 5.32 Å². The number of hydrogen-bond donors (Lipinski definition) is 1. The van der Waals surface area contributed by atoms with Crippen LogP contribution in [0.4, 0.5) is 0 Å². The third-order valence-electron chi connectivity index (χ3n) is 3.77. The summed E-state index contributed by atoms with van der Waals surface area (Å²) in [5.41, 5.74) is 0.905. The van der Waals surface area contributed by atoms with Crippen molar-refractivity contribution in [2.75, 3.05) is 0 Å². The maximum atomic E-state index is 12.1. The molecular weight excluding hydrogens is 286 g/mol. The lowest BCUT2D eigenvalue weighted by Gasteiger charge is -2.15.